The lowest BCUT2D eigenvalue weighted by molar-refractivity contribution is -0.113. The van der Waals surface area contributed by atoms with E-state index in [9.17, 15) is 4.79 Å². The number of aromatic nitrogens is 3. The van der Waals surface area contributed by atoms with Gasteiger partial charge in [-0.3, -0.25) is 4.79 Å². The van der Waals surface area contributed by atoms with Crippen molar-refractivity contribution in [2.45, 2.75) is 24.9 Å². The Morgan fingerprint density at radius 3 is 2.87 bits per heavy atom. The van der Waals surface area contributed by atoms with Crippen molar-refractivity contribution in [1.82, 2.24) is 15.2 Å². The lowest BCUT2D eigenvalue weighted by Gasteiger charge is -2.19. The Morgan fingerprint density at radius 1 is 1.43 bits per heavy atom. The van der Waals surface area contributed by atoms with Gasteiger partial charge in [0, 0.05) is 24.5 Å². The number of carbonyl (C=O) groups excluding carboxylic acids is 1. The molecule has 0 spiro atoms. The number of H-pyrrole nitrogens is 1. The third-order valence-corrected chi connectivity index (χ3v) is 4.62. The van der Waals surface area contributed by atoms with Gasteiger partial charge in [-0.1, -0.05) is 11.8 Å². The molecular formula is C15H20N6OS. The Balaban J connectivity index is 1.57. The molecule has 4 N–H and O–H groups in total. The topological polar surface area (TPSA) is 99.9 Å². The summed E-state index contributed by atoms with van der Waals surface area (Å²) < 4.78 is 0. The van der Waals surface area contributed by atoms with E-state index < -0.39 is 0 Å². The van der Waals surface area contributed by atoms with Crippen molar-refractivity contribution < 1.29 is 4.79 Å². The molecule has 8 heteroatoms. The molecule has 1 aliphatic rings. The molecule has 7 nitrogen and oxygen atoms in total. The second-order valence-electron chi connectivity index (χ2n) is 5.53. The van der Waals surface area contributed by atoms with E-state index in [1.54, 1.807) is 0 Å². The highest BCUT2D eigenvalue weighted by Crippen LogP contribution is 2.25. The SMILES string of the molecule is Cc1cc(N2CCCC2)ccc1NC(=O)CSc1n[nH]c(N)n1. The number of thioether (sulfide) groups is 1. The van der Waals surface area contributed by atoms with Crippen LogP contribution in [0.15, 0.2) is 23.4 Å². The highest BCUT2D eigenvalue weighted by atomic mass is 32.2. The van der Waals surface area contributed by atoms with Crippen LogP contribution < -0.4 is 16.0 Å². The first-order valence-corrected chi connectivity index (χ1v) is 8.56. The van der Waals surface area contributed by atoms with Crippen molar-refractivity contribution >= 4 is 35.0 Å². The average Bonchev–Trinajstić information content (AvgIpc) is 3.19. The van der Waals surface area contributed by atoms with Crippen molar-refractivity contribution in [3.63, 3.8) is 0 Å². The van der Waals surface area contributed by atoms with Gasteiger partial charge >= 0.3 is 0 Å². The summed E-state index contributed by atoms with van der Waals surface area (Å²) in [7, 11) is 0. The van der Waals surface area contributed by atoms with Crippen LogP contribution in [0.1, 0.15) is 18.4 Å². The van der Waals surface area contributed by atoms with Gasteiger partial charge in [0.25, 0.3) is 0 Å². The average molecular weight is 332 g/mol. The lowest BCUT2D eigenvalue weighted by Crippen LogP contribution is -2.18. The van der Waals surface area contributed by atoms with Crippen LogP contribution in [0.3, 0.4) is 0 Å². The molecule has 2 aromatic rings. The van der Waals surface area contributed by atoms with Gasteiger partial charge in [-0.25, -0.2) is 5.10 Å². The number of aryl methyl sites for hydroxylation is 1. The van der Waals surface area contributed by atoms with Gasteiger partial charge in [0.15, 0.2) is 0 Å². The van der Waals surface area contributed by atoms with Crippen LogP contribution in [-0.4, -0.2) is 39.9 Å². The van der Waals surface area contributed by atoms with Gasteiger partial charge in [-0.05, 0) is 43.5 Å². The highest BCUT2D eigenvalue weighted by molar-refractivity contribution is 7.99. The standard InChI is InChI=1S/C15H20N6OS/c1-10-8-11(21-6-2-3-7-21)4-5-12(10)17-13(22)9-23-15-18-14(16)19-20-15/h4-5,8H,2-3,6-7,9H2,1H3,(H,17,22)(H3,16,18,19,20). The van der Waals surface area contributed by atoms with E-state index in [4.69, 9.17) is 5.73 Å². The zero-order valence-corrected chi connectivity index (χ0v) is 13.8. The fourth-order valence-electron chi connectivity index (χ4n) is 2.60. The number of hydrogen-bond acceptors (Lipinski definition) is 6. The monoisotopic (exact) mass is 332 g/mol. The number of carbonyl (C=O) groups is 1. The molecule has 3 rings (SSSR count). The lowest BCUT2D eigenvalue weighted by atomic mass is 10.1. The molecule has 2 heterocycles. The van der Waals surface area contributed by atoms with Crippen LogP contribution in [0.2, 0.25) is 0 Å². The minimum atomic E-state index is -0.0876. The van der Waals surface area contributed by atoms with E-state index in [1.165, 1.54) is 30.3 Å². The Kier molecular flexibility index (Phi) is 4.71. The van der Waals surface area contributed by atoms with Crippen molar-refractivity contribution in [3.05, 3.63) is 23.8 Å². The highest BCUT2D eigenvalue weighted by Gasteiger charge is 2.14. The smallest absolute Gasteiger partial charge is 0.234 e. The second kappa shape index (κ2) is 6.91. The second-order valence-corrected chi connectivity index (χ2v) is 6.48. The first-order valence-electron chi connectivity index (χ1n) is 7.58. The maximum absolute atomic E-state index is 12.0. The van der Waals surface area contributed by atoms with Crippen molar-refractivity contribution in [3.8, 4) is 0 Å². The summed E-state index contributed by atoms with van der Waals surface area (Å²) in [5.74, 6) is 0.404. The summed E-state index contributed by atoms with van der Waals surface area (Å²) in [6.07, 6.45) is 2.50. The molecule has 1 amide bonds. The summed E-state index contributed by atoms with van der Waals surface area (Å²) in [5.41, 5.74) is 8.58. The predicted octanol–water partition coefficient (Wildman–Crippen LogP) is 2.03. The third-order valence-electron chi connectivity index (χ3n) is 3.77. The van der Waals surface area contributed by atoms with E-state index in [0.29, 0.717) is 5.16 Å². The van der Waals surface area contributed by atoms with Gasteiger partial charge in [0.2, 0.25) is 17.0 Å². The fourth-order valence-corrected chi connectivity index (χ4v) is 3.20. The number of nitrogens with two attached hydrogens (primary N) is 1. The zero-order valence-electron chi connectivity index (χ0n) is 13.0. The molecule has 0 unspecified atom stereocenters. The number of aromatic amines is 1. The molecule has 1 fully saturated rings. The quantitative estimate of drug-likeness (QED) is 0.724. The number of rotatable bonds is 5. The summed E-state index contributed by atoms with van der Waals surface area (Å²) in [4.78, 5) is 18.4. The molecule has 0 bridgehead atoms. The molecule has 122 valence electrons. The van der Waals surface area contributed by atoms with E-state index >= 15 is 0 Å². The number of nitrogens with one attached hydrogen (secondary N) is 2. The molecular weight excluding hydrogens is 312 g/mol. The molecule has 1 saturated heterocycles. The molecule has 0 radical (unpaired) electrons. The Morgan fingerprint density at radius 2 is 2.22 bits per heavy atom. The number of anilines is 3. The fraction of sp³-hybridized carbons (Fsp3) is 0.400. The van der Waals surface area contributed by atoms with E-state index in [2.05, 4.69) is 37.5 Å². The number of nitrogen functional groups attached to an aromatic ring is 1. The summed E-state index contributed by atoms with van der Waals surface area (Å²) in [5, 5.41) is 9.83. The van der Waals surface area contributed by atoms with Crippen LogP contribution in [0.25, 0.3) is 0 Å². The minimum Gasteiger partial charge on any atom is -0.372 e. The van der Waals surface area contributed by atoms with E-state index in [0.717, 1.165) is 24.3 Å². The Labute approximate surface area is 139 Å². The van der Waals surface area contributed by atoms with Crippen molar-refractivity contribution in [1.29, 1.82) is 0 Å². The summed E-state index contributed by atoms with van der Waals surface area (Å²) >= 11 is 1.24. The van der Waals surface area contributed by atoms with Crippen LogP contribution in [-0.2, 0) is 4.79 Å². The van der Waals surface area contributed by atoms with Gasteiger partial charge < -0.3 is 16.0 Å². The van der Waals surface area contributed by atoms with Crippen LogP contribution in [0.4, 0.5) is 17.3 Å². The van der Waals surface area contributed by atoms with E-state index in [-0.39, 0.29) is 17.6 Å². The molecule has 1 aromatic heterocycles. The molecule has 1 aliphatic heterocycles. The normalized spacial score (nSPS) is 14.2. The summed E-state index contributed by atoms with van der Waals surface area (Å²) in [6.45, 7) is 4.24. The van der Waals surface area contributed by atoms with Gasteiger partial charge in [-0.15, -0.1) is 5.10 Å². The number of amides is 1. The van der Waals surface area contributed by atoms with Crippen molar-refractivity contribution in [2.75, 3.05) is 34.8 Å². The van der Waals surface area contributed by atoms with E-state index in [1.807, 2.05) is 13.0 Å². The number of hydrogen-bond donors (Lipinski definition) is 3. The first-order chi connectivity index (χ1) is 11.1. The molecule has 23 heavy (non-hydrogen) atoms. The number of benzene rings is 1. The summed E-state index contributed by atoms with van der Waals surface area (Å²) in [6, 6.07) is 6.16. The maximum atomic E-state index is 12.0. The predicted molar refractivity (Wildman–Crippen MR) is 92.8 cm³/mol. The minimum absolute atomic E-state index is 0.0876. The zero-order chi connectivity index (χ0) is 16.2. The largest absolute Gasteiger partial charge is 0.372 e. The molecule has 0 atom stereocenters. The molecule has 0 saturated carbocycles. The van der Waals surface area contributed by atoms with Gasteiger partial charge in [0.05, 0.1) is 5.75 Å². The maximum Gasteiger partial charge on any atom is 0.234 e. The Hall–Kier alpha value is -2.22. The third kappa shape index (κ3) is 3.95. The Bertz CT molecular complexity index is 695. The molecule has 1 aromatic carbocycles. The van der Waals surface area contributed by atoms with Crippen LogP contribution in [0, 0.1) is 6.92 Å². The first kappa shape index (κ1) is 15.7. The van der Waals surface area contributed by atoms with Crippen LogP contribution >= 0.6 is 11.8 Å². The molecule has 0 aliphatic carbocycles. The van der Waals surface area contributed by atoms with Crippen LogP contribution in [0.5, 0.6) is 0 Å². The van der Waals surface area contributed by atoms with Crippen molar-refractivity contribution in [2.24, 2.45) is 0 Å². The van der Waals surface area contributed by atoms with Gasteiger partial charge in [-0.2, -0.15) is 4.98 Å². The number of nitrogens with zero attached hydrogens (tertiary/aromatic N) is 3. The van der Waals surface area contributed by atoms with Gasteiger partial charge in [0.1, 0.15) is 0 Å².